The zero-order valence-electron chi connectivity index (χ0n) is 14.4. The molecule has 0 spiro atoms. The predicted molar refractivity (Wildman–Crippen MR) is 113 cm³/mol. The number of hydrogen-bond donors (Lipinski definition) is 0. The maximum Gasteiger partial charge on any atom is 0.160 e. The second-order valence-electron chi connectivity index (χ2n) is 6.45. The maximum atomic E-state index is 6.05. The minimum Gasteiger partial charge on any atom is -0.228 e. The summed E-state index contributed by atoms with van der Waals surface area (Å²) in [5.41, 5.74) is 3.94. The van der Waals surface area contributed by atoms with Gasteiger partial charge in [0.2, 0.25) is 0 Å². The van der Waals surface area contributed by atoms with Gasteiger partial charge in [0.15, 0.2) is 5.82 Å². The number of fused-ring (bicyclic) bond motifs is 2. The molecule has 2 nitrogen and oxygen atoms in total. The minimum absolute atomic E-state index is 0.702. The van der Waals surface area contributed by atoms with Gasteiger partial charge in [-0.3, -0.25) is 0 Å². The third kappa shape index (κ3) is 2.84. The molecular formula is C24H15ClN2. The molecule has 0 unspecified atom stereocenters. The monoisotopic (exact) mass is 366 g/mol. The van der Waals surface area contributed by atoms with Crippen molar-refractivity contribution in [1.82, 2.24) is 9.97 Å². The molecule has 0 bridgehead atoms. The van der Waals surface area contributed by atoms with Crippen LogP contribution in [0, 0.1) is 0 Å². The van der Waals surface area contributed by atoms with Gasteiger partial charge >= 0.3 is 0 Å². The van der Waals surface area contributed by atoms with Crippen LogP contribution in [0.1, 0.15) is 0 Å². The lowest BCUT2D eigenvalue weighted by Crippen LogP contribution is -1.95. The molecule has 0 aliphatic rings. The summed E-state index contributed by atoms with van der Waals surface area (Å²) in [7, 11) is 0. The summed E-state index contributed by atoms with van der Waals surface area (Å²) in [5, 5.41) is 4.14. The summed E-state index contributed by atoms with van der Waals surface area (Å²) in [6.07, 6.45) is 0. The van der Waals surface area contributed by atoms with E-state index in [0.29, 0.717) is 10.8 Å². The Bertz CT molecular complexity index is 1270. The Labute approximate surface area is 162 Å². The van der Waals surface area contributed by atoms with E-state index in [4.69, 9.17) is 21.6 Å². The lowest BCUT2D eigenvalue weighted by atomic mass is 9.99. The molecule has 0 N–H and O–H groups in total. The van der Waals surface area contributed by atoms with Crippen LogP contribution in [0.3, 0.4) is 0 Å². The van der Waals surface area contributed by atoms with Gasteiger partial charge in [0.25, 0.3) is 0 Å². The summed E-state index contributed by atoms with van der Waals surface area (Å²) < 4.78 is 0. The smallest absolute Gasteiger partial charge is 0.160 e. The van der Waals surface area contributed by atoms with Crippen molar-refractivity contribution in [2.75, 3.05) is 0 Å². The fourth-order valence-electron chi connectivity index (χ4n) is 3.44. The summed E-state index contributed by atoms with van der Waals surface area (Å²) in [4.78, 5) is 9.75. The Hall–Kier alpha value is -3.23. The Morgan fingerprint density at radius 3 is 2.15 bits per heavy atom. The molecule has 0 saturated carbocycles. The Morgan fingerprint density at radius 1 is 0.593 bits per heavy atom. The first-order chi connectivity index (χ1) is 13.3. The van der Waals surface area contributed by atoms with E-state index in [0.717, 1.165) is 27.7 Å². The lowest BCUT2D eigenvalue weighted by Gasteiger charge is -2.11. The highest BCUT2D eigenvalue weighted by molar-refractivity contribution is 6.30. The van der Waals surface area contributed by atoms with Crippen LogP contribution in [0.15, 0.2) is 91.0 Å². The van der Waals surface area contributed by atoms with Crippen LogP contribution in [0.2, 0.25) is 5.02 Å². The fourth-order valence-corrected chi connectivity index (χ4v) is 3.57. The van der Waals surface area contributed by atoms with Crippen molar-refractivity contribution in [3.05, 3.63) is 96.0 Å². The number of halogens is 1. The third-order valence-corrected chi connectivity index (χ3v) is 5.00. The Balaban J connectivity index is 1.84. The summed E-state index contributed by atoms with van der Waals surface area (Å²) in [5.74, 6) is 0.702. The van der Waals surface area contributed by atoms with Crippen molar-refractivity contribution in [1.29, 1.82) is 0 Å². The van der Waals surface area contributed by atoms with E-state index in [1.54, 1.807) is 0 Å². The highest BCUT2D eigenvalue weighted by atomic mass is 35.5. The van der Waals surface area contributed by atoms with Crippen molar-refractivity contribution in [3.63, 3.8) is 0 Å². The van der Waals surface area contributed by atoms with Gasteiger partial charge in [0.1, 0.15) is 0 Å². The number of para-hydroxylation sites is 1. The first-order valence-corrected chi connectivity index (χ1v) is 9.18. The molecule has 0 radical (unpaired) electrons. The third-order valence-electron chi connectivity index (χ3n) is 4.75. The molecule has 1 heterocycles. The molecule has 5 aromatic rings. The van der Waals surface area contributed by atoms with Crippen LogP contribution in [-0.4, -0.2) is 9.97 Å². The zero-order chi connectivity index (χ0) is 18.2. The molecule has 3 heteroatoms. The van der Waals surface area contributed by atoms with Crippen LogP contribution < -0.4 is 0 Å². The van der Waals surface area contributed by atoms with Gasteiger partial charge in [-0.15, -0.1) is 0 Å². The lowest BCUT2D eigenvalue weighted by molar-refractivity contribution is 1.23. The normalized spacial score (nSPS) is 11.1. The maximum absolute atomic E-state index is 6.05. The second-order valence-corrected chi connectivity index (χ2v) is 6.88. The molecule has 0 aliphatic carbocycles. The predicted octanol–water partition coefficient (Wildman–Crippen LogP) is 6.77. The highest BCUT2D eigenvalue weighted by Gasteiger charge is 2.13. The van der Waals surface area contributed by atoms with E-state index in [9.17, 15) is 0 Å². The first-order valence-electron chi connectivity index (χ1n) is 8.80. The van der Waals surface area contributed by atoms with Gasteiger partial charge in [-0.05, 0) is 41.1 Å². The van der Waals surface area contributed by atoms with E-state index in [1.165, 1.54) is 10.8 Å². The number of hydrogen-bond acceptors (Lipinski definition) is 2. The van der Waals surface area contributed by atoms with E-state index in [2.05, 4.69) is 48.5 Å². The quantitative estimate of drug-likeness (QED) is 0.344. The average molecular weight is 367 g/mol. The average Bonchev–Trinajstić information content (AvgIpc) is 2.73. The van der Waals surface area contributed by atoms with Gasteiger partial charge in [-0.2, -0.15) is 0 Å². The van der Waals surface area contributed by atoms with Gasteiger partial charge < -0.3 is 0 Å². The van der Waals surface area contributed by atoms with Crippen molar-refractivity contribution in [2.24, 2.45) is 0 Å². The van der Waals surface area contributed by atoms with Gasteiger partial charge in [-0.1, -0.05) is 72.3 Å². The summed E-state index contributed by atoms with van der Waals surface area (Å²) in [6.45, 7) is 0. The summed E-state index contributed by atoms with van der Waals surface area (Å²) >= 11 is 6.05. The molecule has 0 aliphatic heterocycles. The number of benzene rings is 4. The van der Waals surface area contributed by atoms with Gasteiger partial charge in [0, 0.05) is 21.5 Å². The first kappa shape index (κ1) is 16.0. The van der Waals surface area contributed by atoms with Crippen LogP contribution in [-0.2, 0) is 0 Å². The molecule has 0 saturated heterocycles. The van der Waals surface area contributed by atoms with Crippen LogP contribution in [0.25, 0.3) is 44.3 Å². The van der Waals surface area contributed by atoms with E-state index in [1.807, 2.05) is 42.5 Å². The van der Waals surface area contributed by atoms with Gasteiger partial charge in [-0.25, -0.2) is 9.97 Å². The topological polar surface area (TPSA) is 25.8 Å². The molecular weight excluding hydrogens is 352 g/mol. The Kier molecular flexibility index (Phi) is 3.84. The van der Waals surface area contributed by atoms with Gasteiger partial charge in [0.05, 0.1) is 11.2 Å². The standard InChI is InChI=1S/C24H15ClN2/c25-18-14-12-17(13-15-18)24-26-22-11-4-3-9-21(22)23(27-24)20-10-5-7-16-6-1-2-8-19(16)20/h1-15H. The van der Waals surface area contributed by atoms with Crippen LogP contribution in [0.4, 0.5) is 0 Å². The Morgan fingerprint density at radius 2 is 1.30 bits per heavy atom. The fraction of sp³-hybridized carbons (Fsp3) is 0. The van der Waals surface area contributed by atoms with E-state index < -0.39 is 0 Å². The molecule has 27 heavy (non-hydrogen) atoms. The molecule has 128 valence electrons. The van der Waals surface area contributed by atoms with Crippen molar-refractivity contribution >= 4 is 33.3 Å². The zero-order valence-corrected chi connectivity index (χ0v) is 15.2. The van der Waals surface area contributed by atoms with E-state index >= 15 is 0 Å². The molecule has 0 fully saturated rings. The van der Waals surface area contributed by atoms with Crippen molar-refractivity contribution in [3.8, 4) is 22.6 Å². The van der Waals surface area contributed by atoms with E-state index in [-0.39, 0.29) is 0 Å². The van der Waals surface area contributed by atoms with Crippen LogP contribution in [0.5, 0.6) is 0 Å². The number of aromatic nitrogens is 2. The molecule has 0 amide bonds. The van der Waals surface area contributed by atoms with Crippen molar-refractivity contribution < 1.29 is 0 Å². The van der Waals surface area contributed by atoms with Crippen molar-refractivity contribution in [2.45, 2.75) is 0 Å². The highest BCUT2D eigenvalue weighted by Crippen LogP contribution is 2.33. The van der Waals surface area contributed by atoms with Crippen LogP contribution >= 0.6 is 11.6 Å². The molecule has 5 rings (SSSR count). The summed E-state index contributed by atoms with van der Waals surface area (Å²) in [6, 6.07) is 30.5. The minimum atomic E-state index is 0.702. The number of nitrogens with zero attached hydrogens (tertiary/aromatic N) is 2. The SMILES string of the molecule is Clc1ccc(-c2nc(-c3cccc4ccccc34)c3ccccc3n2)cc1. The molecule has 0 atom stereocenters. The second kappa shape index (κ2) is 6.49. The largest absolute Gasteiger partial charge is 0.228 e. The number of rotatable bonds is 2. The molecule has 4 aromatic carbocycles. The molecule has 1 aromatic heterocycles.